The molecule has 0 aliphatic heterocycles. The molecule has 1 N–H and O–H groups in total. The van der Waals surface area contributed by atoms with Gasteiger partial charge in [-0.2, -0.15) is 4.31 Å². The minimum Gasteiger partial charge on any atom is -0.389 e. The molecule has 5 nitrogen and oxygen atoms in total. The van der Waals surface area contributed by atoms with Crippen molar-refractivity contribution in [3.63, 3.8) is 0 Å². The molecule has 0 heterocycles. The third-order valence-corrected chi connectivity index (χ3v) is 4.15. The van der Waals surface area contributed by atoms with Gasteiger partial charge in [0.2, 0.25) is 10.0 Å². The molecule has 0 radical (unpaired) electrons. The standard InChI is InChI=1S/C11H16FNO4S/c1-13(7-10(14)8-17-2)18(15,16)11-5-3-4-9(12)6-11/h3-6,10,14H,7-8H2,1-2H3. The lowest BCUT2D eigenvalue weighted by atomic mass is 10.4. The number of nitrogens with zero attached hydrogens (tertiary/aromatic N) is 1. The van der Waals surface area contributed by atoms with Crippen molar-refractivity contribution in [3.8, 4) is 0 Å². The van der Waals surface area contributed by atoms with Crippen molar-refractivity contribution in [3.05, 3.63) is 30.1 Å². The highest BCUT2D eigenvalue weighted by molar-refractivity contribution is 7.89. The summed E-state index contributed by atoms with van der Waals surface area (Å²) in [5.74, 6) is -0.623. The lowest BCUT2D eigenvalue weighted by Crippen LogP contribution is -2.36. The van der Waals surface area contributed by atoms with Crippen LogP contribution >= 0.6 is 0 Å². The molecule has 18 heavy (non-hydrogen) atoms. The first-order chi connectivity index (χ1) is 8.37. The van der Waals surface area contributed by atoms with Crippen LogP contribution in [0, 0.1) is 5.82 Å². The van der Waals surface area contributed by atoms with Gasteiger partial charge in [0.15, 0.2) is 0 Å². The van der Waals surface area contributed by atoms with E-state index in [0.29, 0.717) is 0 Å². The van der Waals surface area contributed by atoms with Crippen molar-refractivity contribution >= 4 is 10.0 Å². The Morgan fingerprint density at radius 2 is 2.17 bits per heavy atom. The molecule has 0 saturated heterocycles. The van der Waals surface area contributed by atoms with Crippen LogP contribution in [0.5, 0.6) is 0 Å². The van der Waals surface area contributed by atoms with Gasteiger partial charge in [-0.3, -0.25) is 0 Å². The van der Waals surface area contributed by atoms with Crippen molar-refractivity contribution in [1.82, 2.24) is 4.31 Å². The first kappa shape index (κ1) is 15.0. The van der Waals surface area contributed by atoms with Crippen molar-refractivity contribution in [1.29, 1.82) is 0 Å². The van der Waals surface area contributed by atoms with E-state index in [2.05, 4.69) is 0 Å². The normalized spacial score (nSPS) is 13.8. The van der Waals surface area contributed by atoms with E-state index in [1.54, 1.807) is 0 Å². The minimum absolute atomic E-state index is 0.0308. The molecule has 0 aromatic heterocycles. The van der Waals surface area contributed by atoms with Crippen LogP contribution in [0.2, 0.25) is 0 Å². The van der Waals surface area contributed by atoms with E-state index in [0.717, 1.165) is 10.4 Å². The van der Waals surface area contributed by atoms with Crippen LogP contribution in [0.4, 0.5) is 4.39 Å². The summed E-state index contributed by atoms with van der Waals surface area (Å²) in [5, 5.41) is 9.48. The highest BCUT2D eigenvalue weighted by Gasteiger charge is 2.23. The number of methoxy groups -OCH3 is 1. The number of hydrogen-bond acceptors (Lipinski definition) is 4. The summed E-state index contributed by atoms with van der Waals surface area (Å²) in [6.45, 7) is -0.0876. The molecule has 1 aromatic rings. The van der Waals surface area contributed by atoms with E-state index in [1.165, 1.54) is 32.4 Å². The molecule has 0 amide bonds. The SMILES string of the molecule is COCC(O)CN(C)S(=O)(=O)c1cccc(F)c1. The number of rotatable bonds is 6. The minimum atomic E-state index is -3.80. The van der Waals surface area contributed by atoms with Crippen molar-refractivity contribution in [2.45, 2.75) is 11.0 Å². The molecule has 0 aliphatic carbocycles. The number of sulfonamides is 1. The predicted molar refractivity (Wildman–Crippen MR) is 64.1 cm³/mol. The summed E-state index contributed by atoms with van der Waals surface area (Å²) in [7, 11) is -1.07. The Hall–Kier alpha value is -1.02. The van der Waals surface area contributed by atoms with Crippen molar-refractivity contribution < 1.29 is 22.7 Å². The molecule has 1 atom stereocenters. The van der Waals surface area contributed by atoms with Gasteiger partial charge in [0.25, 0.3) is 0 Å². The monoisotopic (exact) mass is 277 g/mol. The van der Waals surface area contributed by atoms with Crippen molar-refractivity contribution in [2.24, 2.45) is 0 Å². The highest BCUT2D eigenvalue weighted by atomic mass is 32.2. The van der Waals surface area contributed by atoms with E-state index in [4.69, 9.17) is 4.74 Å². The fraction of sp³-hybridized carbons (Fsp3) is 0.455. The number of aliphatic hydroxyl groups is 1. The second-order valence-electron chi connectivity index (χ2n) is 3.85. The lowest BCUT2D eigenvalue weighted by molar-refractivity contribution is 0.0554. The van der Waals surface area contributed by atoms with Gasteiger partial charge in [-0.15, -0.1) is 0 Å². The van der Waals surface area contributed by atoms with Crippen LogP contribution < -0.4 is 0 Å². The van der Waals surface area contributed by atoms with Gasteiger partial charge in [-0.05, 0) is 18.2 Å². The average Bonchev–Trinajstić information content (AvgIpc) is 2.29. The maximum Gasteiger partial charge on any atom is 0.243 e. The molecule has 0 aliphatic rings. The molecular weight excluding hydrogens is 261 g/mol. The van der Waals surface area contributed by atoms with Crippen LogP contribution in [0.1, 0.15) is 0 Å². The average molecular weight is 277 g/mol. The quantitative estimate of drug-likeness (QED) is 0.820. The highest BCUT2D eigenvalue weighted by Crippen LogP contribution is 2.15. The molecule has 7 heteroatoms. The van der Waals surface area contributed by atoms with Crippen molar-refractivity contribution in [2.75, 3.05) is 27.3 Å². The van der Waals surface area contributed by atoms with E-state index in [-0.39, 0.29) is 18.0 Å². The molecule has 1 unspecified atom stereocenters. The second kappa shape index (κ2) is 6.24. The van der Waals surface area contributed by atoms with Crippen LogP contribution in [0.3, 0.4) is 0 Å². The van der Waals surface area contributed by atoms with E-state index in [9.17, 15) is 17.9 Å². The molecule has 1 rings (SSSR count). The Labute approximate surface area is 106 Å². The Kier molecular flexibility index (Phi) is 5.21. The zero-order valence-electron chi connectivity index (χ0n) is 10.2. The summed E-state index contributed by atoms with van der Waals surface area (Å²) in [6, 6.07) is 4.73. The first-order valence-electron chi connectivity index (χ1n) is 5.27. The summed E-state index contributed by atoms with van der Waals surface area (Å²) in [4.78, 5) is -0.144. The van der Waals surface area contributed by atoms with E-state index >= 15 is 0 Å². The maximum absolute atomic E-state index is 13.0. The van der Waals surface area contributed by atoms with E-state index in [1.807, 2.05) is 0 Å². The van der Waals surface area contributed by atoms with Crippen LogP contribution in [0.15, 0.2) is 29.2 Å². The summed E-state index contributed by atoms with van der Waals surface area (Å²) < 4.78 is 42.7. The van der Waals surface area contributed by atoms with Gasteiger partial charge in [0.1, 0.15) is 5.82 Å². The maximum atomic E-state index is 13.0. The number of benzene rings is 1. The number of ether oxygens (including phenoxy) is 1. The van der Waals surface area contributed by atoms with Gasteiger partial charge < -0.3 is 9.84 Å². The molecule has 1 aromatic carbocycles. The topological polar surface area (TPSA) is 66.8 Å². The molecular formula is C11H16FNO4S. The zero-order valence-corrected chi connectivity index (χ0v) is 11.0. The zero-order chi connectivity index (χ0) is 13.8. The third-order valence-electron chi connectivity index (χ3n) is 2.33. The predicted octanol–water partition coefficient (Wildman–Crippen LogP) is 0.454. The van der Waals surface area contributed by atoms with Crippen LogP contribution in [-0.2, 0) is 14.8 Å². The largest absolute Gasteiger partial charge is 0.389 e. The van der Waals surface area contributed by atoms with Gasteiger partial charge in [0.05, 0.1) is 17.6 Å². The summed E-state index contributed by atoms with van der Waals surface area (Å²) in [6.07, 6.45) is -0.927. The molecule has 102 valence electrons. The first-order valence-corrected chi connectivity index (χ1v) is 6.71. The van der Waals surface area contributed by atoms with Crippen LogP contribution in [-0.4, -0.2) is 51.2 Å². The smallest absolute Gasteiger partial charge is 0.243 e. The number of halogens is 1. The Morgan fingerprint density at radius 1 is 1.50 bits per heavy atom. The molecule has 0 saturated carbocycles. The number of likely N-dealkylation sites (N-methyl/N-ethyl adjacent to an activating group) is 1. The van der Waals surface area contributed by atoms with Gasteiger partial charge in [-0.25, -0.2) is 12.8 Å². The molecule has 0 bridgehead atoms. The molecule has 0 fully saturated rings. The Morgan fingerprint density at radius 3 is 2.72 bits per heavy atom. The Bertz CT molecular complexity index is 492. The third kappa shape index (κ3) is 3.74. The molecule has 0 spiro atoms. The number of aliphatic hydroxyl groups excluding tert-OH is 1. The summed E-state index contributed by atoms with van der Waals surface area (Å²) >= 11 is 0. The van der Waals surface area contributed by atoms with Gasteiger partial charge in [-0.1, -0.05) is 6.07 Å². The van der Waals surface area contributed by atoms with Crippen LogP contribution in [0.25, 0.3) is 0 Å². The fourth-order valence-electron chi connectivity index (χ4n) is 1.45. The summed E-state index contributed by atoms with van der Waals surface area (Å²) in [5.41, 5.74) is 0. The van der Waals surface area contributed by atoms with Gasteiger partial charge >= 0.3 is 0 Å². The van der Waals surface area contributed by atoms with E-state index < -0.39 is 21.9 Å². The fourth-order valence-corrected chi connectivity index (χ4v) is 2.69. The number of hydrogen-bond donors (Lipinski definition) is 1. The Balaban J connectivity index is 2.86. The lowest BCUT2D eigenvalue weighted by Gasteiger charge is -2.20. The van der Waals surface area contributed by atoms with Gasteiger partial charge in [0, 0.05) is 20.7 Å². The second-order valence-corrected chi connectivity index (χ2v) is 5.90.